The number of thiazole rings is 1. The fourth-order valence-corrected chi connectivity index (χ4v) is 5.44. The minimum absolute atomic E-state index is 0.00176. The van der Waals surface area contributed by atoms with Crippen molar-refractivity contribution in [3.05, 3.63) is 10.6 Å². The van der Waals surface area contributed by atoms with Crippen LogP contribution >= 0.6 is 11.3 Å². The molecule has 0 saturated carbocycles. The van der Waals surface area contributed by atoms with Crippen molar-refractivity contribution in [2.24, 2.45) is 0 Å². The molecule has 0 amide bonds. The zero-order valence-corrected chi connectivity index (χ0v) is 14.9. The van der Waals surface area contributed by atoms with Crippen molar-refractivity contribution in [2.45, 2.75) is 46.2 Å². The molecule has 1 unspecified atom stereocenters. The third-order valence-electron chi connectivity index (χ3n) is 3.71. The number of nitrogens with one attached hydrogen (secondary N) is 1. The van der Waals surface area contributed by atoms with Crippen molar-refractivity contribution in [1.29, 1.82) is 0 Å². The van der Waals surface area contributed by atoms with Gasteiger partial charge in [-0.25, -0.2) is 13.4 Å². The number of anilines is 1. The fraction of sp³-hybridized carbons (Fsp3) is 0.786. The molecular weight excluding hydrogens is 306 g/mol. The summed E-state index contributed by atoms with van der Waals surface area (Å²) in [5.74, 6) is 0.843. The van der Waals surface area contributed by atoms with Gasteiger partial charge in [0, 0.05) is 24.0 Å². The predicted molar refractivity (Wildman–Crippen MR) is 89.0 cm³/mol. The van der Waals surface area contributed by atoms with E-state index in [9.17, 15) is 8.42 Å². The van der Waals surface area contributed by atoms with Crippen molar-refractivity contribution >= 4 is 26.3 Å². The van der Waals surface area contributed by atoms with Gasteiger partial charge in [0.1, 0.15) is 0 Å². The van der Waals surface area contributed by atoms with Crippen LogP contribution in [-0.2, 0) is 16.4 Å². The molecular formula is C14H25N3O2S2. The van der Waals surface area contributed by atoms with Gasteiger partial charge >= 0.3 is 0 Å². The van der Waals surface area contributed by atoms with Gasteiger partial charge in [0.05, 0.1) is 17.2 Å². The van der Waals surface area contributed by atoms with Crippen LogP contribution in [0.1, 0.15) is 44.2 Å². The van der Waals surface area contributed by atoms with Gasteiger partial charge in [0.2, 0.25) is 0 Å². The molecule has 1 aromatic rings. The molecule has 0 radical (unpaired) electrons. The van der Waals surface area contributed by atoms with Gasteiger partial charge in [-0.1, -0.05) is 20.8 Å². The van der Waals surface area contributed by atoms with Crippen LogP contribution in [0.5, 0.6) is 0 Å². The SMILES string of the molecule is CCNCc1sc(N2CCS(=O)(=O)CC2C)nc1C(C)C. The lowest BCUT2D eigenvalue weighted by Gasteiger charge is -2.32. The molecule has 2 heterocycles. The molecule has 1 fully saturated rings. The van der Waals surface area contributed by atoms with Crippen molar-refractivity contribution in [3.63, 3.8) is 0 Å². The summed E-state index contributed by atoms with van der Waals surface area (Å²) < 4.78 is 23.4. The van der Waals surface area contributed by atoms with Gasteiger partial charge in [-0.3, -0.25) is 0 Å². The Labute approximate surface area is 131 Å². The van der Waals surface area contributed by atoms with E-state index in [4.69, 9.17) is 4.98 Å². The molecule has 7 heteroatoms. The molecule has 1 N–H and O–H groups in total. The second kappa shape index (κ2) is 6.62. The van der Waals surface area contributed by atoms with E-state index >= 15 is 0 Å². The third-order valence-corrected chi connectivity index (χ3v) is 6.62. The van der Waals surface area contributed by atoms with Crippen molar-refractivity contribution < 1.29 is 8.42 Å². The molecule has 120 valence electrons. The largest absolute Gasteiger partial charge is 0.343 e. The van der Waals surface area contributed by atoms with E-state index < -0.39 is 9.84 Å². The summed E-state index contributed by atoms with van der Waals surface area (Å²) in [6.45, 7) is 10.7. The number of nitrogens with zero attached hydrogens (tertiary/aromatic N) is 2. The second-order valence-electron chi connectivity index (χ2n) is 5.90. The molecule has 0 aromatic carbocycles. The number of aromatic nitrogens is 1. The number of hydrogen-bond donors (Lipinski definition) is 1. The molecule has 1 aliphatic heterocycles. The Morgan fingerprint density at radius 1 is 1.48 bits per heavy atom. The number of rotatable bonds is 5. The van der Waals surface area contributed by atoms with Gasteiger partial charge in [-0.2, -0.15) is 0 Å². The van der Waals surface area contributed by atoms with Crippen LogP contribution in [0.3, 0.4) is 0 Å². The standard InChI is InChI=1S/C14H25N3O2S2/c1-5-15-8-12-13(10(2)3)16-14(20-12)17-6-7-21(18,19)9-11(17)4/h10-11,15H,5-9H2,1-4H3. The van der Waals surface area contributed by atoms with Crippen LogP contribution in [0.2, 0.25) is 0 Å². The molecule has 0 bridgehead atoms. The van der Waals surface area contributed by atoms with E-state index in [1.54, 1.807) is 11.3 Å². The van der Waals surface area contributed by atoms with E-state index in [0.717, 1.165) is 23.9 Å². The topological polar surface area (TPSA) is 62.3 Å². The van der Waals surface area contributed by atoms with E-state index in [1.165, 1.54) is 4.88 Å². The highest BCUT2D eigenvalue weighted by molar-refractivity contribution is 7.91. The summed E-state index contributed by atoms with van der Waals surface area (Å²) in [5.41, 5.74) is 1.14. The van der Waals surface area contributed by atoms with E-state index in [-0.39, 0.29) is 17.5 Å². The zero-order valence-electron chi connectivity index (χ0n) is 13.2. The Balaban J connectivity index is 2.24. The smallest absolute Gasteiger partial charge is 0.186 e. The number of hydrogen-bond acceptors (Lipinski definition) is 6. The average molecular weight is 332 g/mol. The van der Waals surface area contributed by atoms with Crippen LogP contribution in [0, 0.1) is 0 Å². The van der Waals surface area contributed by atoms with Crippen LogP contribution in [0.25, 0.3) is 0 Å². The number of sulfone groups is 1. The molecule has 1 aromatic heterocycles. The first-order valence-electron chi connectivity index (χ1n) is 7.51. The van der Waals surface area contributed by atoms with Gasteiger partial charge in [-0.15, -0.1) is 11.3 Å². The van der Waals surface area contributed by atoms with Crippen LogP contribution in [0.15, 0.2) is 0 Å². The molecule has 0 aliphatic carbocycles. The summed E-state index contributed by atoms with van der Waals surface area (Å²) >= 11 is 1.70. The fourth-order valence-electron chi connectivity index (χ4n) is 2.57. The van der Waals surface area contributed by atoms with Crippen molar-refractivity contribution in [2.75, 3.05) is 29.5 Å². The summed E-state index contributed by atoms with van der Waals surface area (Å²) in [7, 11) is -2.88. The molecule has 0 spiro atoms. The summed E-state index contributed by atoms with van der Waals surface area (Å²) in [4.78, 5) is 8.21. The normalized spacial score (nSPS) is 22.0. The third kappa shape index (κ3) is 3.96. The predicted octanol–water partition coefficient (Wildman–Crippen LogP) is 2.00. The lowest BCUT2D eigenvalue weighted by Crippen LogP contribution is -2.47. The monoisotopic (exact) mass is 331 g/mol. The first-order valence-corrected chi connectivity index (χ1v) is 10.1. The molecule has 1 saturated heterocycles. The molecule has 5 nitrogen and oxygen atoms in total. The minimum Gasteiger partial charge on any atom is -0.343 e. The van der Waals surface area contributed by atoms with Gasteiger partial charge in [-0.05, 0) is 19.4 Å². The van der Waals surface area contributed by atoms with Crippen LogP contribution in [-0.4, -0.2) is 44.0 Å². The maximum Gasteiger partial charge on any atom is 0.186 e. The van der Waals surface area contributed by atoms with E-state index in [1.807, 2.05) is 6.92 Å². The molecule has 21 heavy (non-hydrogen) atoms. The van der Waals surface area contributed by atoms with Crippen LogP contribution < -0.4 is 10.2 Å². The first kappa shape index (κ1) is 16.7. The Morgan fingerprint density at radius 3 is 2.76 bits per heavy atom. The zero-order chi connectivity index (χ0) is 15.6. The summed E-state index contributed by atoms with van der Waals surface area (Å²) in [6.07, 6.45) is 0. The van der Waals surface area contributed by atoms with Gasteiger partial charge in [0.15, 0.2) is 15.0 Å². The quantitative estimate of drug-likeness (QED) is 0.894. The Hall–Kier alpha value is -0.660. The maximum atomic E-state index is 11.7. The average Bonchev–Trinajstić information content (AvgIpc) is 2.79. The van der Waals surface area contributed by atoms with Crippen molar-refractivity contribution in [3.8, 4) is 0 Å². The Morgan fingerprint density at radius 2 is 2.19 bits per heavy atom. The summed E-state index contributed by atoms with van der Waals surface area (Å²) in [6, 6.07) is 0.00176. The van der Waals surface area contributed by atoms with E-state index in [2.05, 4.69) is 31.0 Å². The highest BCUT2D eigenvalue weighted by Gasteiger charge is 2.30. The minimum atomic E-state index is -2.88. The highest BCUT2D eigenvalue weighted by atomic mass is 32.2. The summed E-state index contributed by atoms with van der Waals surface area (Å²) in [5, 5.41) is 4.32. The van der Waals surface area contributed by atoms with Crippen LogP contribution in [0.4, 0.5) is 5.13 Å². The van der Waals surface area contributed by atoms with Gasteiger partial charge in [0.25, 0.3) is 0 Å². The first-order chi connectivity index (χ1) is 9.84. The van der Waals surface area contributed by atoms with E-state index in [0.29, 0.717) is 12.5 Å². The molecule has 1 atom stereocenters. The Bertz CT molecular complexity index is 581. The lowest BCUT2D eigenvalue weighted by molar-refractivity contribution is 0.567. The highest BCUT2D eigenvalue weighted by Crippen LogP contribution is 2.32. The Kier molecular flexibility index (Phi) is 5.27. The second-order valence-corrected chi connectivity index (χ2v) is 9.19. The maximum absolute atomic E-state index is 11.7. The van der Waals surface area contributed by atoms with Crippen molar-refractivity contribution in [1.82, 2.24) is 10.3 Å². The van der Waals surface area contributed by atoms with Gasteiger partial charge < -0.3 is 10.2 Å². The molecule has 1 aliphatic rings. The molecule has 2 rings (SSSR count). The lowest BCUT2D eigenvalue weighted by atomic mass is 10.1.